The lowest BCUT2D eigenvalue weighted by Crippen LogP contribution is -2.50. The zero-order chi connectivity index (χ0) is 18.3. The summed E-state index contributed by atoms with van der Waals surface area (Å²) in [4.78, 5) is 14.4. The molecule has 0 aliphatic heterocycles. The number of nitrogens with zero attached hydrogens (tertiary/aromatic N) is 1. The number of amides is 1. The van der Waals surface area contributed by atoms with Gasteiger partial charge < -0.3 is 10.6 Å². The van der Waals surface area contributed by atoms with Crippen molar-refractivity contribution in [3.05, 3.63) is 54.6 Å². The second-order valence-corrected chi connectivity index (χ2v) is 7.40. The van der Waals surface area contributed by atoms with E-state index in [0.29, 0.717) is 0 Å². The molecule has 2 N–H and O–H groups in total. The van der Waals surface area contributed by atoms with E-state index in [2.05, 4.69) is 28.8 Å². The normalized spacial score (nSPS) is 12.9. The van der Waals surface area contributed by atoms with Crippen molar-refractivity contribution in [3.63, 3.8) is 0 Å². The van der Waals surface area contributed by atoms with Gasteiger partial charge in [0.15, 0.2) is 0 Å². The Hall–Kier alpha value is -2.45. The van der Waals surface area contributed by atoms with Crippen LogP contribution in [0.2, 0.25) is 0 Å². The van der Waals surface area contributed by atoms with E-state index in [1.807, 2.05) is 56.3 Å². The minimum absolute atomic E-state index is 0.0300. The van der Waals surface area contributed by atoms with Crippen molar-refractivity contribution in [3.8, 4) is 6.07 Å². The second-order valence-electron chi connectivity index (χ2n) is 6.28. The molecule has 25 heavy (non-hydrogen) atoms. The number of para-hydroxylation sites is 1. The maximum atomic E-state index is 12.2. The van der Waals surface area contributed by atoms with E-state index in [0.717, 1.165) is 15.5 Å². The van der Waals surface area contributed by atoms with Gasteiger partial charge in [0.05, 0.1) is 12.6 Å². The third-order valence-electron chi connectivity index (χ3n) is 4.08. The summed E-state index contributed by atoms with van der Waals surface area (Å²) in [6, 6.07) is 20.2. The minimum Gasteiger partial charge on any atom is -0.375 e. The van der Waals surface area contributed by atoms with Gasteiger partial charge in [0.25, 0.3) is 0 Å². The van der Waals surface area contributed by atoms with Gasteiger partial charge in [0.2, 0.25) is 5.91 Å². The number of carbonyl (C=O) groups is 1. The van der Waals surface area contributed by atoms with E-state index in [9.17, 15) is 10.1 Å². The van der Waals surface area contributed by atoms with Crippen molar-refractivity contribution in [2.75, 3.05) is 11.9 Å². The van der Waals surface area contributed by atoms with E-state index in [4.69, 9.17) is 0 Å². The van der Waals surface area contributed by atoms with Gasteiger partial charge in [-0.2, -0.15) is 5.26 Å². The Kier molecular flexibility index (Phi) is 6.49. The predicted octanol–water partition coefficient (Wildman–Crippen LogP) is 4.30. The highest BCUT2D eigenvalue weighted by Gasteiger charge is 2.29. The van der Waals surface area contributed by atoms with Crippen molar-refractivity contribution in [2.24, 2.45) is 5.92 Å². The van der Waals surface area contributed by atoms with Gasteiger partial charge in [-0.15, -0.1) is 0 Å². The van der Waals surface area contributed by atoms with Gasteiger partial charge in [0, 0.05) is 15.5 Å². The monoisotopic (exact) mass is 353 g/mol. The summed E-state index contributed by atoms with van der Waals surface area (Å²) >= 11 is 1.64. The number of carbonyl (C=O) groups excluding carboxylic acids is 1. The number of hydrogen-bond acceptors (Lipinski definition) is 4. The first kappa shape index (κ1) is 18.9. The molecule has 2 rings (SSSR count). The molecule has 0 saturated carbocycles. The summed E-state index contributed by atoms with van der Waals surface area (Å²) in [6.45, 7) is 5.70. The molecule has 2 aromatic carbocycles. The highest BCUT2D eigenvalue weighted by atomic mass is 32.2. The van der Waals surface area contributed by atoms with Gasteiger partial charge in [-0.05, 0) is 37.1 Å². The van der Waals surface area contributed by atoms with E-state index >= 15 is 0 Å². The highest BCUT2D eigenvalue weighted by molar-refractivity contribution is 7.99. The first-order chi connectivity index (χ1) is 11.9. The lowest BCUT2D eigenvalue weighted by molar-refractivity contribution is -0.121. The summed E-state index contributed by atoms with van der Waals surface area (Å²) in [6.07, 6.45) is 0. The zero-order valence-electron chi connectivity index (χ0n) is 14.7. The smallest absolute Gasteiger partial charge is 0.240 e. The van der Waals surface area contributed by atoms with Crippen molar-refractivity contribution in [1.82, 2.24) is 5.32 Å². The lowest BCUT2D eigenvalue weighted by atomic mass is 9.90. The quantitative estimate of drug-likeness (QED) is 0.779. The second kappa shape index (κ2) is 8.59. The molecule has 0 fully saturated rings. The fourth-order valence-corrected chi connectivity index (χ4v) is 3.07. The van der Waals surface area contributed by atoms with E-state index < -0.39 is 5.54 Å². The summed E-state index contributed by atoms with van der Waals surface area (Å²) in [5.74, 6) is -0.167. The topological polar surface area (TPSA) is 64.9 Å². The Bertz CT molecular complexity index is 755. The van der Waals surface area contributed by atoms with Gasteiger partial charge in [-0.3, -0.25) is 4.79 Å². The third-order valence-corrected chi connectivity index (χ3v) is 5.17. The molecule has 1 amide bonds. The van der Waals surface area contributed by atoms with Crippen LogP contribution >= 0.6 is 11.8 Å². The number of hydrogen-bond donors (Lipinski definition) is 2. The molecule has 1 atom stereocenters. The largest absolute Gasteiger partial charge is 0.375 e. The summed E-state index contributed by atoms with van der Waals surface area (Å²) < 4.78 is 0. The Balaban J connectivity index is 2.02. The molecule has 0 unspecified atom stereocenters. The van der Waals surface area contributed by atoms with Crippen LogP contribution in [-0.4, -0.2) is 18.0 Å². The summed E-state index contributed by atoms with van der Waals surface area (Å²) in [5.41, 5.74) is 0.0339. The molecule has 0 bridgehead atoms. The molecule has 130 valence electrons. The first-order valence-electron chi connectivity index (χ1n) is 8.22. The predicted molar refractivity (Wildman–Crippen MR) is 102 cm³/mol. The SMILES string of the molecule is CC(C)[C@](C)(C#N)NC(=O)CNc1ccccc1Sc1ccccc1. The van der Waals surface area contributed by atoms with Crippen molar-refractivity contribution >= 4 is 23.4 Å². The van der Waals surface area contributed by atoms with Crippen molar-refractivity contribution < 1.29 is 4.79 Å². The maximum absolute atomic E-state index is 12.2. The first-order valence-corrected chi connectivity index (χ1v) is 9.04. The molecule has 5 heteroatoms. The fourth-order valence-electron chi connectivity index (χ4n) is 2.13. The zero-order valence-corrected chi connectivity index (χ0v) is 15.6. The van der Waals surface area contributed by atoms with Crippen LogP contribution in [0.4, 0.5) is 5.69 Å². The van der Waals surface area contributed by atoms with Crippen LogP contribution in [0.1, 0.15) is 20.8 Å². The van der Waals surface area contributed by atoms with Crippen molar-refractivity contribution in [2.45, 2.75) is 36.1 Å². The molecule has 2 aromatic rings. The number of nitrogens with one attached hydrogen (secondary N) is 2. The molecule has 0 aliphatic carbocycles. The number of benzene rings is 2. The third kappa shape index (κ3) is 5.27. The maximum Gasteiger partial charge on any atom is 0.240 e. The van der Waals surface area contributed by atoms with Crippen LogP contribution < -0.4 is 10.6 Å². The number of nitriles is 1. The Labute approximate surface area is 153 Å². The van der Waals surface area contributed by atoms with Crippen LogP contribution in [0.5, 0.6) is 0 Å². The molecule has 4 nitrogen and oxygen atoms in total. The Morgan fingerprint density at radius 1 is 1.16 bits per heavy atom. The van der Waals surface area contributed by atoms with Gasteiger partial charge >= 0.3 is 0 Å². The molecular formula is C20H23N3OS. The van der Waals surface area contributed by atoms with Crippen molar-refractivity contribution in [1.29, 1.82) is 5.26 Å². The number of anilines is 1. The highest BCUT2D eigenvalue weighted by Crippen LogP contribution is 2.33. The molecule has 0 aliphatic rings. The van der Waals surface area contributed by atoms with Gasteiger partial charge in [-0.1, -0.05) is 55.9 Å². The van der Waals surface area contributed by atoms with Gasteiger partial charge in [-0.25, -0.2) is 0 Å². The molecule has 0 aromatic heterocycles. The van der Waals surface area contributed by atoms with Crippen LogP contribution in [-0.2, 0) is 4.79 Å². The Morgan fingerprint density at radius 3 is 2.44 bits per heavy atom. The molecule has 0 saturated heterocycles. The van der Waals surface area contributed by atoms with Crippen LogP contribution in [0.25, 0.3) is 0 Å². The average Bonchev–Trinajstić information content (AvgIpc) is 2.61. The molecule has 0 heterocycles. The van der Waals surface area contributed by atoms with E-state index in [1.165, 1.54) is 0 Å². The average molecular weight is 353 g/mol. The molecule has 0 radical (unpaired) electrons. The summed E-state index contributed by atoms with van der Waals surface area (Å²) in [5, 5.41) is 15.3. The standard InChI is InChI=1S/C20H23N3OS/c1-15(2)20(3,14-21)23-19(24)13-22-17-11-7-8-12-18(17)25-16-9-5-4-6-10-16/h4-12,15,22H,13H2,1-3H3,(H,23,24)/t20-/m0/s1. The lowest BCUT2D eigenvalue weighted by Gasteiger charge is -2.27. The molecular weight excluding hydrogens is 330 g/mol. The van der Waals surface area contributed by atoms with E-state index in [-0.39, 0.29) is 18.4 Å². The minimum atomic E-state index is -0.864. The number of rotatable bonds is 7. The molecule has 0 spiro atoms. The van der Waals surface area contributed by atoms with Gasteiger partial charge in [0.1, 0.15) is 5.54 Å². The Morgan fingerprint density at radius 2 is 1.80 bits per heavy atom. The van der Waals surface area contributed by atoms with Crippen LogP contribution in [0, 0.1) is 17.2 Å². The van der Waals surface area contributed by atoms with Crippen LogP contribution in [0.3, 0.4) is 0 Å². The summed E-state index contributed by atoms with van der Waals surface area (Å²) in [7, 11) is 0. The van der Waals surface area contributed by atoms with E-state index in [1.54, 1.807) is 18.7 Å². The fraction of sp³-hybridized carbons (Fsp3) is 0.300. The van der Waals surface area contributed by atoms with Crippen LogP contribution in [0.15, 0.2) is 64.4 Å².